The van der Waals surface area contributed by atoms with Gasteiger partial charge in [0, 0.05) is 25.7 Å². The highest BCUT2D eigenvalue weighted by atomic mass is 31.2. The number of rotatable bonds is 74. The molecule has 4 unspecified atom stereocenters. The first-order valence-corrected chi connectivity index (χ1v) is 42.8. The summed E-state index contributed by atoms with van der Waals surface area (Å²) in [4.78, 5) is 72.7. The number of unbranched alkanes of at least 4 members (excludes halogenated alkanes) is 38. The second kappa shape index (κ2) is 66.3. The van der Waals surface area contributed by atoms with E-state index in [0.29, 0.717) is 31.6 Å². The largest absolute Gasteiger partial charge is 0.472 e. The van der Waals surface area contributed by atoms with Crippen LogP contribution in [0.3, 0.4) is 0 Å². The van der Waals surface area contributed by atoms with Gasteiger partial charge < -0.3 is 33.8 Å². The second-order valence-corrected chi connectivity index (χ2v) is 32.1. The van der Waals surface area contributed by atoms with Crippen molar-refractivity contribution in [1.29, 1.82) is 0 Å². The first kappa shape index (κ1) is 94.1. The standard InChI is InChI=1S/C77H150O17P2/c1-9-69(7)55-47-39-30-26-22-17-15-13-11-12-14-16-18-23-27-31-41-49-57-74(79)87-63-73(94-77(82)60-52-44-36-34-40-48-56-70(8)10-2)66-92-96(85,86)90-62-71(78)61-89-95(83,84)91-65-72(64-88-75(80)58-50-42-35-33-38-46-54-68(5)6)93-76(81)59-51-43-32-28-24-20-19-21-25-29-37-45-53-67(3)4/h67-73,78H,9-66H2,1-8H3,(H,83,84)(H,85,86)/t69?,70?,71-,72+,73+/m0/s1. The summed E-state index contributed by atoms with van der Waals surface area (Å²) >= 11 is 0. The molecule has 96 heavy (non-hydrogen) atoms. The van der Waals surface area contributed by atoms with Crippen LogP contribution in [0.4, 0.5) is 0 Å². The zero-order valence-electron chi connectivity index (χ0n) is 63.0. The lowest BCUT2D eigenvalue weighted by atomic mass is 9.99. The molecule has 0 saturated carbocycles. The van der Waals surface area contributed by atoms with Crippen LogP contribution in [-0.2, 0) is 65.4 Å². The van der Waals surface area contributed by atoms with Crippen LogP contribution in [0.2, 0.25) is 0 Å². The molecule has 17 nitrogen and oxygen atoms in total. The van der Waals surface area contributed by atoms with Crippen molar-refractivity contribution in [2.24, 2.45) is 23.7 Å². The van der Waals surface area contributed by atoms with Crippen molar-refractivity contribution in [3.05, 3.63) is 0 Å². The summed E-state index contributed by atoms with van der Waals surface area (Å²) in [6.45, 7) is 14.1. The Bertz CT molecular complexity index is 1890. The molecule has 0 heterocycles. The van der Waals surface area contributed by atoms with E-state index in [0.717, 1.165) is 114 Å². The molecule has 0 aliphatic rings. The van der Waals surface area contributed by atoms with Crippen LogP contribution < -0.4 is 0 Å². The Balaban J connectivity index is 5.12. The highest BCUT2D eigenvalue weighted by Crippen LogP contribution is 2.45. The van der Waals surface area contributed by atoms with Crippen molar-refractivity contribution in [2.75, 3.05) is 39.6 Å². The van der Waals surface area contributed by atoms with Crippen LogP contribution in [-0.4, -0.2) is 96.7 Å². The van der Waals surface area contributed by atoms with E-state index in [1.54, 1.807) is 0 Å². The van der Waals surface area contributed by atoms with Crippen molar-refractivity contribution in [1.82, 2.24) is 0 Å². The number of carbonyl (C=O) groups is 4. The molecule has 19 heteroatoms. The van der Waals surface area contributed by atoms with E-state index < -0.39 is 97.5 Å². The predicted octanol–water partition coefficient (Wildman–Crippen LogP) is 22.4. The van der Waals surface area contributed by atoms with Gasteiger partial charge in [0.2, 0.25) is 0 Å². The van der Waals surface area contributed by atoms with Crippen molar-refractivity contribution in [3.8, 4) is 0 Å². The van der Waals surface area contributed by atoms with Crippen LogP contribution in [0.5, 0.6) is 0 Å². The minimum Gasteiger partial charge on any atom is -0.462 e. The molecule has 7 atom stereocenters. The monoisotopic (exact) mass is 1410 g/mol. The maximum Gasteiger partial charge on any atom is 0.472 e. The average molecular weight is 1410 g/mol. The Hall–Kier alpha value is -1.94. The van der Waals surface area contributed by atoms with Gasteiger partial charge in [-0.25, -0.2) is 9.13 Å². The molecule has 0 aliphatic carbocycles. The van der Waals surface area contributed by atoms with Gasteiger partial charge in [-0.2, -0.15) is 0 Å². The molecule has 3 N–H and O–H groups in total. The molecule has 0 spiro atoms. The molecule has 0 aromatic heterocycles. The fraction of sp³-hybridized carbons (Fsp3) is 0.948. The van der Waals surface area contributed by atoms with Gasteiger partial charge in [0.1, 0.15) is 19.3 Å². The summed E-state index contributed by atoms with van der Waals surface area (Å²) in [6, 6.07) is 0. The number of phosphoric ester groups is 2. The van der Waals surface area contributed by atoms with Gasteiger partial charge in [-0.3, -0.25) is 37.3 Å². The number of esters is 4. The molecule has 0 saturated heterocycles. The van der Waals surface area contributed by atoms with E-state index in [1.807, 2.05) is 0 Å². The zero-order valence-corrected chi connectivity index (χ0v) is 64.8. The van der Waals surface area contributed by atoms with Crippen molar-refractivity contribution >= 4 is 39.5 Å². The third-order valence-corrected chi connectivity index (χ3v) is 20.4. The Morgan fingerprint density at radius 3 is 0.740 bits per heavy atom. The molecule has 0 rings (SSSR count). The molecule has 0 aromatic carbocycles. The number of hydrogen-bond acceptors (Lipinski definition) is 15. The third-order valence-electron chi connectivity index (χ3n) is 18.5. The second-order valence-electron chi connectivity index (χ2n) is 29.2. The quantitative estimate of drug-likeness (QED) is 0.0222. The normalized spacial score (nSPS) is 14.7. The molecule has 0 bridgehead atoms. The predicted molar refractivity (Wildman–Crippen MR) is 391 cm³/mol. The van der Waals surface area contributed by atoms with Crippen LogP contribution >= 0.6 is 15.6 Å². The van der Waals surface area contributed by atoms with Crippen LogP contribution in [0.15, 0.2) is 0 Å². The summed E-state index contributed by atoms with van der Waals surface area (Å²) in [7, 11) is -9.91. The van der Waals surface area contributed by atoms with Crippen molar-refractivity contribution in [3.63, 3.8) is 0 Å². The highest BCUT2D eigenvalue weighted by Gasteiger charge is 2.30. The topological polar surface area (TPSA) is 237 Å². The van der Waals surface area contributed by atoms with Gasteiger partial charge in [-0.05, 0) is 49.4 Å². The molecule has 0 aromatic rings. The summed E-state index contributed by atoms with van der Waals surface area (Å²) in [5.41, 5.74) is 0. The van der Waals surface area contributed by atoms with E-state index in [4.69, 9.17) is 37.0 Å². The first-order valence-electron chi connectivity index (χ1n) is 39.8. The Morgan fingerprint density at radius 1 is 0.292 bits per heavy atom. The minimum atomic E-state index is -4.96. The van der Waals surface area contributed by atoms with Gasteiger partial charge in [-0.1, -0.05) is 338 Å². The Kier molecular flexibility index (Phi) is 65.0. The molecule has 570 valence electrons. The van der Waals surface area contributed by atoms with E-state index in [2.05, 4.69) is 55.4 Å². The maximum absolute atomic E-state index is 13.1. The summed E-state index contributed by atoms with van der Waals surface area (Å²) in [6.07, 6.45) is 51.7. The van der Waals surface area contributed by atoms with Gasteiger partial charge >= 0.3 is 39.5 Å². The number of aliphatic hydroxyl groups excluding tert-OH is 1. The van der Waals surface area contributed by atoms with E-state index in [1.165, 1.54) is 186 Å². The zero-order chi connectivity index (χ0) is 71.0. The van der Waals surface area contributed by atoms with Crippen LogP contribution in [0.1, 0.15) is 389 Å². The van der Waals surface area contributed by atoms with Crippen LogP contribution in [0, 0.1) is 23.7 Å². The minimum absolute atomic E-state index is 0.103. The molecule has 0 fully saturated rings. The summed E-state index contributed by atoms with van der Waals surface area (Å²) in [5.74, 6) is 0.924. The molecule has 0 amide bonds. The number of aliphatic hydroxyl groups is 1. The lowest BCUT2D eigenvalue weighted by Crippen LogP contribution is -2.30. The summed E-state index contributed by atoms with van der Waals surface area (Å²) < 4.78 is 68.4. The van der Waals surface area contributed by atoms with E-state index in [-0.39, 0.29) is 25.7 Å². The number of carbonyl (C=O) groups excluding carboxylic acids is 4. The fourth-order valence-electron chi connectivity index (χ4n) is 11.7. The maximum atomic E-state index is 13.1. The van der Waals surface area contributed by atoms with Gasteiger partial charge in [0.25, 0.3) is 0 Å². The van der Waals surface area contributed by atoms with E-state index >= 15 is 0 Å². The lowest BCUT2D eigenvalue weighted by molar-refractivity contribution is -0.161. The van der Waals surface area contributed by atoms with Gasteiger partial charge in [-0.15, -0.1) is 0 Å². The highest BCUT2D eigenvalue weighted by molar-refractivity contribution is 7.47. The molecular weight excluding hydrogens is 1260 g/mol. The molecule has 0 aliphatic heterocycles. The van der Waals surface area contributed by atoms with E-state index in [9.17, 15) is 43.2 Å². The van der Waals surface area contributed by atoms with Crippen molar-refractivity contribution in [2.45, 2.75) is 408 Å². The number of phosphoric acid groups is 2. The van der Waals surface area contributed by atoms with Gasteiger partial charge in [0.15, 0.2) is 12.2 Å². The third kappa shape index (κ3) is 67.9. The van der Waals surface area contributed by atoms with Gasteiger partial charge in [0.05, 0.1) is 26.4 Å². The van der Waals surface area contributed by atoms with Crippen molar-refractivity contribution < 1.29 is 80.2 Å². The number of ether oxygens (including phenoxy) is 4. The molecular formula is C77H150O17P2. The molecule has 0 radical (unpaired) electrons. The smallest absolute Gasteiger partial charge is 0.462 e. The Morgan fingerprint density at radius 2 is 0.500 bits per heavy atom. The fourth-order valence-corrected chi connectivity index (χ4v) is 13.2. The average Bonchev–Trinajstić information content (AvgIpc) is 1.77. The Labute approximate surface area is 588 Å². The SMILES string of the molecule is CCC(C)CCCCCCCCCCCCCCCCCCCCC(=O)OC[C@H](COP(=O)(O)OC[C@@H](O)COP(=O)(O)OC[C@@H](COC(=O)CCCCCCCCC(C)C)OC(=O)CCCCCCCCCCCCCCC(C)C)OC(=O)CCCCCCCCC(C)CC. The summed E-state index contributed by atoms with van der Waals surface area (Å²) in [5, 5.41) is 10.6. The number of hydrogen-bond donors (Lipinski definition) is 3. The van der Waals surface area contributed by atoms with Crippen LogP contribution in [0.25, 0.3) is 0 Å². The lowest BCUT2D eigenvalue weighted by Gasteiger charge is -2.21. The first-order chi connectivity index (χ1) is 46.2.